The summed E-state index contributed by atoms with van der Waals surface area (Å²) in [6, 6.07) is 2.54. The number of aromatic nitrogens is 2. The van der Waals surface area contributed by atoms with Crippen molar-refractivity contribution in [3.63, 3.8) is 0 Å². The summed E-state index contributed by atoms with van der Waals surface area (Å²) in [6.07, 6.45) is 5.74. The first-order valence-electron chi connectivity index (χ1n) is 6.83. The van der Waals surface area contributed by atoms with E-state index in [1.807, 2.05) is 13.1 Å². The maximum Gasteiger partial charge on any atom is 0.109 e. The fourth-order valence-corrected chi connectivity index (χ4v) is 2.98. The lowest BCUT2D eigenvalue weighted by Crippen LogP contribution is -2.32. The summed E-state index contributed by atoms with van der Waals surface area (Å²) in [7, 11) is 0. The molecule has 2 heterocycles. The van der Waals surface area contributed by atoms with Gasteiger partial charge in [0.05, 0.1) is 6.33 Å². The first-order valence-corrected chi connectivity index (χ1v) is 6.83. The van der Waals surface area contributed by atoms with Gasteiger partial charge in [0.25, 0.3) is 0 Å². The number of rotatable bonds is 3. The predicted octanol–water partition coefficient (Wildman–Crippen LogP) is 3.11. The zero-order valence-electron chi connectivity index (χ0n) is 11.8. The van der Waals surface area contributed by atoms with Crippen LogP contribution < -0.4 is 5.32 Å². The van der Waals surface area contributed by atoms with E-state index in [-0.39, 0.29) is 5.41 Å². The lowest BCUT2D eigenvalue weighted by atomic mass is 9.74. The van der Waals surface area contributed by atoms with Crippen LogP contribution in [0, 0.1) is 12.3 Å². The topological polar surface area (TPSA) is 53.9 Å². The van der Waals surface area contributed by atoms with Crippen LogP contribution in [-0.4, -0.2) is 9.97 Å². The second-order valence-electron chi connectivity index (χ2n) is 6.29. The van der Waals surface area contributed by atoms with Gasteiger partial charge in [-0.3, -0.25) is 0 Å². The van der Waals surface area contributed by atoms with Crippen LogP contribution in [0.2, 0.25) is 0 Å². The summed E-state index contributed by atoms with van der Waals surface area (Å²) in [4.78, 5) is 7.18. The Balaban J connectivity index is 1.80. The highest BCUT2D eigenvalue weighted by Crippen LogP contribution is 2.42. The molecule has 2 aromatic heterocycles. The molecule has 0 spiro atoms. The second kappa shape index (κ2) is 4.53. The molecule has 0 fully saturated rings. The van der Waals surface area contributed by atoms with Gasteiger partial charge in [-0.15, -0.1) is 0 Å². The first-order chi connectivity index (χ1) is 9.03. The van der Waals surface area contributed by atoms with Gasteiger partial charge in [0.1, 0.15) is 11.5 Å². The minimum atomic E-state index is 0.281. The second-order valence-corrected chi connectivity index (χ2v) is 6.29. The lowest BCUT2D eigenvalue weighted by molar-refractivity contribution is 0.233. The molecule has 0 saturated heterocycles. The zero-order valence-corrected chi connectivity index (χ0v) is 11.8. The Bertz CT molecular complexity index is 554. The summed E-state index contributed by atoms with van der Waals surface area (Å²) in [5.74, 6) is 2.16. The number of furan rings is 1. The van der Waals surface area contributed by atoms with E-state index in [2.05, 4.69) is 35.2 Å². The molecule has 0 aromatic carbocycles. The summed E-state index contributed by atoms with van der Waals surface area (Å²) < 4.78 is 5.85. The van der Waals surface area contributed by atoms with E-state index in [0.717, 1.165) is 36.6 Å². The molecular formula is C15H21N3O. The molecule has 0 aliphatic heterocycles. The molecule has 3 rings (SSSR count). The third-order valence-corrected chi connectivity index (χ3v) is 3.83. The minimum absolute atomic E-state index is 0.281. The van der Waals surface area contributed by atoms with Crippen LogP contribution in [0.4, 0.5) is 0 Å². The van der Waals surface area contributed by atoms with Gasteiger partial charge >= 0.3 is 0 Å². The number of aromatic amines is 1. The van der Waals surface area contributed by atoms with E-state index in [1.165, 1.54) is 5.56 Å². The Morgan fingerprint density at radius 1 is 1.53 bits per heavy atom. The third kappa shape index (κ3) is 2.59. The Kier molecular flexibility index (Phi) is 2.97. The normalized spacial score (nSPS) is 21.3. The average molecular weight is 259 g/mol. The molecule has 4 nitrogen and oxygen atoms in total. The minimum Gasteiger partial charge on any atom is -0.466 e. The van der Waals surface area contributed by atoms with Crippen LogP contribution >= 0.6 is 0 Å². The van der Waals surface area contributed by atoms with Crippen molar-refractivity contribution < 1.29 is 4.42 Å². The molecule has 2 aromatic rings. The molecule has 4 heteroatoms. The zero-order chi connectivity index (χ0) is 13.5. The fraction of sp³-hybridized carbons (Fsp3) is 0.533. The summed E-state index contributed by atoms with van der Waals surface area (Å²) >= 11 is 0. The van der Waals surface area contributed by atoms with Gasteiger partial charge in [0, 0.05) is 36.5 Å². The van der Waals surface area contributed by atoms with Gasteiger partial charge in [-0.1, -0.05) is 13.8 Å². The van der Waals surface area contributed by atoms with Crippen molar-refractivity contribution in [2.45, 2.75) is 46.2 Å². The number of aryl methyl sites for hydroxylation is 1. The highest BCUT2D eigenvalue weighted by molar-refractivity contribution is 5.29. The Morgan fingerprint density at radius 2 is 2.37 bits per heavy atom. The summed E-state index contributed by atoms with van der Waals surface area (Å²) in [5, 5.41) is 3.62. The molecule has 1 aliphatic rings. The van der Waals surface area contributed by atoms with Crippen LogP contribution in [0.25, 0.3) is 0 Å². The van der Waals surface area contributed by atoms with Gasteiger partial charge in [-0.05, 0) is 24.8 Å². The van der Waals surface area contributed by atoms with Gasteiger partial charge < -0.3 is 14.7 Å². The van der Waals surface area contributed by atoms with E-state index < -0.39 is 0 Å². The smallest absolute Gasteiger partial charge is 0.109 e. The molecule has 19 heavy (non-hydrogen) atoms. The Morgan fingerprint density at radius 3 is 3.11 bits per heavy atom. The van der Waals surface area contributed by atoms with Crippen molar-refractivity contribution >= 4 is 0 Å². The predicted molar refractivity (Wildman–Crippen MR) is 73.7 cm³/mol. The van der Waals surface area contributed by atoms with Crippen LogP contribution in [-0.2, 0) is 13.0 Å². The monoisotopic (exact) mass is 259 g/mol. The molecule has 1 aliphatic carbocycles. The molecule has 0 amide bonds. The van der Waals surface area contributed by atoms with Crippen molar-refractivity contribution in [3.8, 4) is 0 Å². The highest BCUT2D eigenvalue weighted by atomic mass is 16.3. The number of fused-ring (bicyclic) bond motifs is 1. The number of imidazole rings is 1. The SMILES string of the molecule is Cc1cc2c(o1)CC(C)(C)CC2NCc1cnc[nH]1. The molecule has 1 unspecified atom stereocenters. The molecular weight excluding hydrogens is 238 g/mol. The van der Waals surface area contributed by atoms with Crippen LogP contribution in [0.5, 0.6) is 0 Å². The standard InChI is InChI=1S/C15H21N3O/c1-10-4-12-13(17-8-11-7-16-9-18-11)5-15(2,3)6-14(12)19-10/h4,7,9,13,17H,5-6,8H2,1-3H3,(H,16,18). The lowest BCUT2D eigenvalue weighted by Gasteiger charge is -2.34. The van der Waals surface area contributed by atoms with Crippen molar-refractivity contribution in [1.29, 1.82) is 0 Å². The maximum absolute atomic E-state index is 5.85. The highest BCUT2D eigenvalue weighted by Gasteiger charge is 2.34. The molecule has 0 radical (unpaired) electrons. The van der Waals surface area contributed by atoms with E-state index in [1.54, 1.807) is 6.33 Å². The van der Waals surface area contributed by atoms with E-state index >= 15 is 0 Å². The molecule has 0 bridgehead atoms. The Hall–Kier alpha value is -1.55. The van der Waals surface area contributed by atoms with Gasteiger partial charge in [-0.2, -0.15) is 0 Å². The quantitative estimate of drug-likeness (QED) is 0.890. The van der Waals surface area contributed by atoms with Crippen molar-refractivity contribution in [2.75, 3.05) is 0 Å². The van der Waals surface area contributed by atoms with E-state index in [9.17, 15) is 0 Å². The Labute approximate surface area is 113 Å². The number of hydrogen-bond acceptors (Lipinski definition) is 3. The van der Waals surface area contributed by atoms with Crippen LogP contribution in [0.3, 0.4) is 0 Å². The van der Waals surface area contributed by atoms with Gasteiger partial charge in [0.2, 0.25) is 0 Å². The molecule has 0 saturated carbocycles. The fourth-order valence-electron chi connectivity index (χ4n) is 2.98. The van der Waals surface area contributed by atoms with Crippen LogP contribution in [0.1, 0.15) is 49.1 Å². The van der Waals surface area contributed by atoms with Gasteiger partial charge in [0.15, 0.2) is 0 Å². The maximum atomic E-state index is 5.85. The van der Waals surface area contributed by atoms with Crippen molar-refractivity contribution in [2.24, 2.45) is 5.41 Å². The van der Waals surface area contributed by atoms with Crippen molar-refractivity contribution in [1.82, 2.24) is 15.3 Å². The number of hydrogen-bond donors (Lipinski definition) is 2. The van der Waals surface area contributed by atoms with Gasteiger partial charge in [-0.25, -0.2) is 4.98 Å². The molecule has 102 valence electrons. The number of H-pyrrole nitrogens is 1. The molecule has 1 atom stereocenters. The number of nitrogens with zero attached hydrogens (tertiary/aromatic N) is 1. The van der Waals surface area contributed by atoms with Crippen molar-refractivity contribution in [3.05, 3.63) is 41.4 Å². The number of nitrogens with one attached hydrogen (secondary N) is 2. The third-order valence-electron chi connectivity index (χ3n) is 3.83. The van der Waals surface area contributed by atoms with Crippen LogP contribution in [0.15, 0.2) is 23.0 Å². The summed E-state index contributed by atoms with van der Waals surface area (Å²) in [5.41, 5.74) is 2.73. The molecule has 2 N–H and O–H groups in total. The van der Waals surface area contributed by atoms with E-state index in [0.29, 0.717) is 6.04 Å². The largest absolute Gasteiger partial charge is 0.466 e. The average Bonchev–Trinajstić information content (AvgIpc) is 2.93. The first kappa shape index (κ1) is 12.5. The summed E-state index contributed by atoms with van der Waals surface area (Å²) in [6.45, 7) is 7.44. The van der Waals surface area contributed by atoms with E-state index in [4.69, 9.17) is 4.42 Å².